The number of ether oxygens (including phenoxy) is 12. The highest BCUT2D eigenvalue weighted by Gasteiger charge is 2.65. The van der Waals surface area contributed by atoms with E-state index in [9.17, 15) is 25.5 Å². The number of nitrogens with zero attached hydrogens (tertiary/aromatic N) is 6. The third-order valence-corrected chi connectivity index (χ3v) is 32.1. The van der Waals surface area contributed by atoms with Crippen LogP contribution in [0, 0.1) is 43.4 Å². The molecule has 0 saturated carbocycles. The van der Waals surface area contributed by atoms with Crippen LogP contribution in [-0.2, 0) is 61.3 Å². The lowest BCUT2D eigenvalue weighted by Gasteiger charge is -2.62. The Morgan fingerprint density at radius 1 is 0.630 bits per heavy atom. The van der Waals surface area contributed by atoms with E-state index in [1.54, 1.807) is 35.4 Å². The number of likely N-dealkylation sites (N-methyl/N-ethyl adjacent to an activating group) is 2. The number of phenolic OH excluding ortho intramolecular Hbond substituents is 1. The molecule has 4 saturated heterocycles. The van der Waals surface area contributed by atoms with E-state index in [1.165, 1.54) is 0 Å². The van der Waals surface area contributed by atoms with E-state index in [4.69, 9.17) is 88.9 Å². The van der Waals surface area contributed by atoms with Gasteiger partial charge in [-0.2, -0.15) is 10.5 Å². The summed E-state index contributed by atoms with van der Waals surface area (Å²) in [6, 6.07) is 6.12. The zero-order chi connectivity index (χ0) is 73.0. The van der Waals surface area contributed by atoms with E-state index in [0.717, 1.165) is 44.5 Å². The molecule has 1 aliphatic carbocycles. The molecule has 0 aromatic heterocycles. The number of hydrogen-bond donors (Lipinski definition) is 2. The molecule has 9 aliphatic rings. The lowest BCUT2D eigenvalue weighted by atomic mass is 9.65. The number of carbonyl (C=O) groups excluding carboxylic acids is 1. The summed E-state index contributed by atoms with van der Waals surface area (Å²) in [7, 11) is 6.12. The minimum absolute atomic E-state index is 0.0148. The van der Waals surface area contributed by atoms with Crippen LogP contribution in [0.25, 0.3) is 0 Å². The number of aliphatic hydroxyl groups is 1. The van der Waals surface area contributed by atoms with Gasteiger partial charge < -0.3 is 75.9 Å². The van der Waals surface area contributed by atoms with Gasteiger partial charge >= 0.3 is 0 Å². The second-order valence-electron chi connectivity index (χ2n) is 30.4. The fourth-order valence-corrected chi connectivity index (χ4v) is 18.2. The van der Waals surface area contributed by atoms with Gasteiger partial charge in [-0.15, -0.1) is 23.2 Å². The van der Waals surface area contributed by atoms with Crippen LogP contribution in [0.4, 0.5) is 0 Å². The number of alkyl halides is 2. The summed E-state index contributed by atoms with van der Waals surface area (Å²) in [5.74, 6) is 4.24. The van der Waals surface area contributed by atoms with Crippen LogP contribution in [0.3, 0.4) is 0 Å². The van der Waals surface area contributed by atoms with Crippen molar-refractivity contribution in [3.63, 3.8) is 0 Å². The zero-order valence-corrected chi connectivity index (χ0v) is 65.5. The Balaban J connectivity index is 0.000000208. The molecule has 0 radical (unpaired) electrons. The molecule has 100 heavy (non-hydrogen) atoms. The van der Waals surface area contributed by atoms with Gasteiger partial charge in [0.05, 0.1) is 95.5 Å². The van der Waals surface area contributed by atoms with Crippen molar-refractivity contribution < 1.29 is 80.7 Å². The summed E-state index contributed by atoms with van der Waals surface area (Å²) < 4.78 is 84.3. The smallest absolute Gasteiger partial charge is 0.231 e. The number of aromatic hydroxyl groups is 1. The van der Waals surface area contributed by atoms with E-state index >= 15 is 0 Å². The summed E-state index contributed by atoms with van der Waals surface area (Å²) >= 11 is 9.53. The number of piperazine rings is 2. The Morgan fingerprint density at radius 3 is 1.55 bits per heavy atom. The first kappa shape index (κ1) is 77.2. The van der Waals surface area contributed by atoms with Gasteiger partial charge in [-0.25, -0.2) is 0 Å². The number of rotatable bonds is 20. The molecule has 8 heterocycles. The first-order chi connectivity index (χ1) is 47.3. The molecule has 4 fully saturated rings. The van der Waals surface area contributed by atoms with Crippen LogP contribution >= 0.6 is 23.2 Å². The third kappa shape index (κ3) is 13.5. The highest BCUT2D eigenvalue weighted by molar-refractivity contribution is 6.74. The highest BCUT2D eigenvalue weighted by Crippen LogP contribution is 2.61. The topological polar surface area (TPSA) is 247 Å². The van der Waals surface area contributed by atoms with E-state index in [0.29, 0.717) is 115 Å². The summed E-state index contributed by atoms with van der Waals surface area (Å²) in [5.41, 5.74) is 7.20. The van der Waals surface area contributed by atoms with Gasteiger partial charge in [0.25, 0.3) is 0 Å². The standard InChI is InChI=1S/C36H51N3O9Si.C36H51N3O8Si.CH2Cl2/c1-20-13-22-14-23-25(16-37)39-24(29(38(23)6)27(22)32(30(20)43-8)45-18-44-12-11-42-7)15-36(41)28(26(39)17-48-49(9,10)35(3,4)5)33-31(46-19-47-33)21(2)34(36)40;1-20-13-22-14-24-26(16-37)39-25(30(38(24)6)28(22)34(32(20)42-8)44-18-43-12-11-41-7)15-23-29(27(39)17-47-48(9,10)36(3,4)5)35-33(45-19-46-35)21(2)31(23)40;2-1-3/h13,23-26,29,41H,11-12,14-15,17-19H2,1-10H3;13,24-27,30,40H,11-12,14-15,17-19H2,1-10H3;1H2/t23-,24?,25-,26-,29-,36?;24-,25?,26-,27-,30-;/m00./s1. The van der Waals surface area contributed by atoms with Crippen LogP contribution in [0.5, 0.6) is 40.2 Å². The van der Waals surface area contributed by atoms with Crippen molar-refractivity contribution in [1.82, 2.24) is 19.6 Å². The molecule has 23 nitrogen and oxygen atoms in total. The minimum Gasteiger partial charge on any atom is -0.507 e. The van der Waals surface area contributed by atoms with Crippen molar-refractivity contribution in [2.45, 2.75) is 197 Å². The number of phenols is 1. The number of ketones is 1. The van der Waals surface area contributed by atoms with Gasteiger partial charge in [-0.05, 0) is 120 Å². The predicted octanol–water partition coefficient (Wildman–Crippen LogP) is 11.1. The number of Topliss-reactive ketones (excluding diaryl/α,β-unsaturated/α-hetero) is 1. The van der Waals surface area contributed by atoms with Crippen LogP contribution in [-0.4, -0.2) is 215 Å². The van der Waals surface area contributed by atoms with E-state index in [2.05, 4.69) is 119 Å². The molecule has 4 bridgehead atoms. The summed E-state index contributed by atoms with van der Waals surface area (Å²) in [4.78, 5) is 23.4. The van der Waals surface area contributed by atoms with E-state index < -0.39 is 52.2 Å². The maximum atomic E-state index is 14.3. The lowest BCUT2D eigenvalue weighted by molar-refractivity contribution is -0.150. The van der Waals surface area contributed by atoms with Crippen LogP contribution < -0.4 is 28.4 Å². The number of carbonyl (C=O) groups is 1. The molecule has 3 unspecified atom stereocenters. The van der Waals surface area contributed by atoms with Crippen molar-refractivity contribution >= 4 is 45.6 Å². The van der Waals surface area contributed by atoms with Gasteiger partial charge in [0, 0.05) is 83.8 Å². The quantitative estimate of drug-likeness (QED) is 0.0462. The Labute approximate surface area is 602 Å². The van der Waals surface area contributed by atoms with Gasteiger partial charge in [0.2, 0.25) is 13.6 Å². The highest BCUT2D eigenvalue weighted by atomic mass is 35.5. The maximum Gasteiger partial charge on any atom is 0.231 e. The summed E-state index contributed by atoms with van der Waals surface area (Å²) in [5, 5.41) is 46.6. The number of hydrogen-bond acceptors (Lipinski definition) is 23. The van der Waals surface area contributed by atoms with E-state index in [-0.39, 0.29) is 97.6 Å². The molecule has 12 rings (SSSR count). The fourth-order valence-electron chi connectivity index (χ4n) is 16.1. The van der Waals surface area contributed by atoms with Crippen molar-refractivity contribution in [1.29, 1.82) is 10.5 Å². The van der Waals surface area contributed by atoms with Crippen molar-refractivity contribution in [2.75, 3.05) is 115 Å². The number of methoxy groups -OCH3 is 4. The Hall–Kier alpha value is -5.44. The second kappa shape index (κ2) is 30.3. The number of benzene rings is 3. The molecule has 550 valence electrons. The fraction of sp³-hybridized carbons (Fsp3) is 0.658. The number of piperidine rings is 1. The van der Waals surface area contributed by atoms with Crippen LogP contribution in [0.2, 0.25) is 36.3 Å². The molecule has 8 aliphatic heterocycles. The molecular formula is C73H104Cl2N6O17Si2. The van der Waals surface area contributed by atoms with Gasteiger partial charge in [0.1, 0.15) is 17.8 Å². The Morgan fingerprint density at radius 2 is 1.08 bits per heavy atom. The monoisotopic (exact) mass is 1460 g/mol. The van der Waals surface area contributed by atoms with Crippen molar-refractivity contribution in [3.05, 3.63) is 84.9 Å². The first-order valence-corrected chi connectivity index (χ1v) is 41.3. The van der Waals surface area contributed by atoms with Gasteiger partial charge in [-0.1, -0.05) is 53.7 Å². The number of halogens is 2. The average molecular weight is 1460 g/mol. The predicted molar refractivity (Wildman–Crippen MR) is 382 cm³/mol. The van der Waals surface area contributed by atoms with Crippen LogP contribution in [0.1, 0.15) is 123 Å². The molecule has 0 spiro atoms. The van der Waals surface area contributed by atoms with E-state index in [1.807, 2.05) is 27.8 Å². The zero-order valence-electron chi connectivity index (χ0n) is 62.0. The Kier molecular flexibility index (Phi) is 23.4. The average Bonchev–Trinajstić information content (AvgIpc) is 0.944. The van der Waals surface area contributed by atoms with Crippen molar-refractivity contribution in [3.8, 4) is 52.4 Å². The molecular weight excluding hydrogens is 1360 g/mol. The second-order valence-corrected chi connectivity index (χ2v) is 40.9. The van der Waals surface area contributed by atoms with Crippen molar-refractivity contribution in [2.24, 2.45) is 0 Å². The molecule has 27 heteroatoms. The largest absolute Gasteiger partial charge is 0.507 e. The van der Waals surface area contributed by atoms with Gasteiger partial charge in [0.15, 0.2) is 87.6 Å². The molecule has 3 aromatic rings. The summed E-state index contributed by atoms with van der Waals surface area (Å²) in [6.45, 7) is 31.9. The number of fused-ring (bicyclic) bond motifs is 17. The lowest BCUT2D eigenvalue weighted by Crippen LogP contribution is -2.74. The van der Waals surface area contributed by atoms with Crippen LogP contribution in [0.15, 0.2) is 34.8 Å². The Bertz CT molecular complexity index is 3720. The molecule has 0 amide bonds. The first-order valence-electron chi connectivity index (χ1n) is 34.4. The molecule has 11 atom stereocenters. The maximum absolute atomic E-state index is 14.3. The number of aryl methyl sites for hydroxylation is 2. The molecule has 3 aromatic carbocycles. The summed E-state index contributed by atoms with van der Waals surface area (Å²) in [6.07, 6.45) is 1.78. The normalized spacial score (nSPS) is 26.7. The third-order valence-electron chi connectivity index (χ3n) is 23.1. The van der Waals surface area contributed by atoms with Gasteiger partial charge in [-0.3, -0.25) is 24.4 Å². The number of nitriles is 2. The minimum atomic E-state index is -2.33. The SMILES string of the molecule is COCCOCOc1c(OC)c(C)cc2c1[C@@H]1C3CC4(O)C(=O)C(C)=C5OCOC5=C4[C@H](CO[Si](C)(C)C(C)(C)C)N3[C@@H](C#N)[C@H](C2)N1C.COCCOCOc1c(OC)c(C)cc2c1[C@@H]1C3Cc4c(O)c(C)c5c(c4[C@H](CO[Si](C)(C)C(C)(C)C)N3[C@@H](C#N)[C@H](C2)N1C)OCO5.ClCCl. The molecule has 2 N–H and O–H groups in total.